The van der Waals surface area contributed by atoms with Crippen molar-refractivity contribution in [3.05, 3.63) is 90.5 Å². The quantitative estimate of drug-likeness (QED) is 0.440. The Kier molecular flexibility index (Phi) is 6.78. The van der Waals surface area contributed by atoms with E-state index in [-0.39, 0.29) is 0 Å². The number of hydrogen-bond acceptors (Lipinski definition) is 3. The van der Waals surface area contributed by atoms with E-state index in [9.17, 15) is 4.79 Å². The van der Waals surface area contributed by atoms with E-state index in [2.05, 4.69) is 51.9 Å². The highest BCUT2D eigenvalue weighted by Gasteiger charge is 1.92. The number of methoxy groups -OCH3 is 1. The van der Waals surface area contributed by atoms with Gasteiger partial charge in [-0.25, -0.2) is 4.79 Å². The average Bonchev–Trinajstić information content (AvgIpc) is 2.66. The summed E-state index contributed by atoms with van der Waals surface area (Å²) in [6.45, 7) is 0. The molecule has 0 aliphatic heterocycles. The summed E-state index contributed by atoms with van der Waals surface area (Å²) in [5.41, 5.74) is 2.02. The molecule has 0 unspecified atom stereocenters. The van der Waals surface area contributed by atoms with Crippen LogP contribution in [-0.4, -0.2) is 23.2 Å². The molecule has 0 aliphatic carbocycles. The van der Waals surface area contributed by atoms with Gasteiger partial charge in [-0.2, -0.15) is 0 Å². The van der Waals surface area contributed by atoms with Crippen molar-refractivity contribution in [1.29, 1.82) is 0 Å². The number of hydrogen-bond donors (Lipinski definition) is 1. The Morgan fingerprint density at radius 3 is 2.32 bits per heavy atom. The second-order valence-corrected chi connectivity index (χ2v) is 4.92. The maximum Gasteiger partial charge on any atom is 0.331 e. The largest absolute Gasteiger partial charge is 0.504 e. The Hall–Kier alpha value is -3.58. The molecule has 0 aliphatic rings. The highest BCUT2D eigenvalue weighted by molar-refractivity contribution is 5.83. The van der Waals surface area contributed by atoms with E-state index in [0.717, 1.165) is 23.5 Å². The van der Waals surface area contributed by atoms with Gasteiger partial charge >= 0.3 is 5.97 Å². The van der Waals surface area contributed by atoms with Crippen LogP contribution in [0.3, 0.4) is 0 Å². The number of aromatic nitrogens is 1. The standard InChI is InChI=1S/C17H11N.C4H6O3/c1-2-4-17-13-15(7-8-16(17)3-1)6-5-14-9-11-18-12-10-14;1-7-3-2-4(5)6/h1-4,7-13H;2-3H,1H3,(H,5,6). The Balaban J connectivity index is 0.000000277. The van der Waals surface area contributed by atoms with Gasteiger partial charge in [-0.3, -0.25) is 4.98 Å². The molecule has 4 nitrogen and oxygen atoms in total. The summed E-state index contributed by atoms with van der Waals surface area (Å²) in [5, 5.41) is 10.3. The minimum absolute atomic E-state index is 0.917. The number of carboxylic acids is 1. The zero-order chi connectivity index (χ0) is 17.9. The third kappa shape index (κ3) is 6.20. The van der Waals surface area contributed by atoms with Crippen LogP contribution in [0.25, 0.3) is 10.8 Å². The minimum Gasteiger partial charge on any atom is -0.504 e. The van der Waals surface area contributed by atoms with Crippen LogP contribution >= 0.6 is 0 Å². The van der Waals surface area contributed by atoms with Gasteiger partial charge in [0.05, 0.1) is 19.4 Å². The van der Waals surface area contributed by atoms with Crippen molar-refractivity contribution in [2.45, 2.75) is 0 Å². The lowest BCUT2D eigenvalue weighted by atomic mass is 10.1. The number of aliphatic carboxylic acids is 1. The second kappa shape index (κ2) is 9.53. The average molecular weight is 331 g/mol. The van der Waals surface area contributed by atoms with E-state index in [1.165, 1.54) is 17.9 Å². The fraction of sp³-hybridized carbons (Fsp3) is 0.0476. The van der Waals surface area contributed by atoms with Gasteiger partial charge in [0, 0.05) is 23.5 Å². The molecule has 0 fully saturated rings. The van der Waals surface area contributed by atoms with Crippen LogP contribution < -0.4 is 0 Å². The first-order valence-electron chi connectivity index (χ1n) is 7.52. The third-order valence-electron chi connectivity index (χ3n) is 3.13. The molecule has 1 N–H and O–H groups in total. The van der Waals surface area contributed by atoms with Crippen molar-refractivity contribution in [3.8, 4) is 11.8 Å². The molecule has 25 heavy (non-hydrogen) atoms. The number of ether oxygens (including phenoxy) is 1. The highest BCUT2D eigenvalue weighted by atomic mass is 16.5. The predicted octanol–water partition coefficient (Wildman–Crippen LogP) is 3.87. The first-order valence-corrected chi connectivity index (χ1v) is 7.52. The van der Waals surface area contributed by atoms with Crippen LogP contribution in [0.1, 0.15) is 11.1 Å². The topological polar surface area (TPSA) is 59.4 Å². The maximum absolute atomic E-state index is 9.59. The van der Waals surface area contributed by atoms with Crippen LogP contribution in [0.2, 0.25) is 0 Å². The van der Waals surface area contributed by atoms with Crippen LogP contribution in [0.4, 0.5) is 0 Å². The molecule has 3 aromatic rings. The van der Waals surface area contributed by atoms with Gasteiger partial charge in [0.25, 0.3) is 0 Å². The zero-order valence-corrected chi connectivity index (χ0v) is 13.7. The van der Waals surface area contributed by atoms with Crippen molar-refractivity contribution >= 4 is 16.7 Å². The van der Waals surface area contributed by atoms with Crippen LogP contribution in [0.5, 0.6) is 0 Å². The summed E-state index contributed by atoms with van der Waals surface area (Å²) < 4.78 is 4.29. The summed E-state index contributed by atoms with van der Waals surface area (Å²) in [4.78, 5) is 13.6. The molecule has 0 amide bonds. The molecule has 1 heterocycles. The molecule has 0 atom stereocenters. The van der Waals surface area contributed by atoms with E-state index in [0.29, 0.717) is 0 Å². The number of nitrogens with zero attached hydrogens (tertiary/aromatic N) is 1. The molecule has 0 radical (unpaired) electrons. The van der Waals surface area contributed by atoms with Gasteiger partial charge in [0.15, 0.2) is 0 Å². The number of carbonyl (C=O) groups is 1. The molecule has 124 valence electrons. The number of fused-ring (bicyclic) bond motifs is 1. The number of pyridine rings is 1. The fourth-order valence-corrected chi connectivity index (χ4v) is 1.97. The molecular formula is C21H17NO3. The van der Waals surface area contributed by atoms with E-state index < -0.39 is 5.97 Å². The smallest absolute Gasteiger partial charge is 0.331 e. The van der Waals surface area contributed by atoms with Crippen molar-refractivity contribution in [2.24, 2.45) is 0 Å². The lowest BCUT2D eigenvalue weighted by Crippen LogP contribution is -1.85. The molecule has 0 spiro atoms. The van der Waals surface area contributed by atoms with Gasteiger partial charge in [-0.05, 0) is 35.0 Å². The first kappa shape index (κ1) is 17.8. The van der Waals surface area contributed by atoms with Crippen LogP contribution in [0, 0.1) is 11.8 Å². The summed E-state index contributed by atoms with van der Waals surface area (Å²) in [6.07, 6.45) is 5.52. The Morgan fingerprint density at radius 2 is 1.68 bits per heavy atom. The van der Waals surface area contributed by atoms with Gasteiger partial charge < -0.3 is 9.84 Å². The zero-order valence-electron chi connectivity index (χ0n) is 13.7. The minimum atomic E-state index is -0.998. The lowest BCUT2D eigenvalue weighted by molar-refractivity contribution is -0.131. The predicted molar refractivity (Wildman–Crippen MR) is 97.9 cm³/mol. The Bertz CT molecular complexity index is 922. The van der Waals surface area contributed by atoms with Gasteiger partial charge in [-0.1, -0.05) is 42.2 Å². The normalized spacial score (nSPS) is 9.64. The number of carboxylic acid groups (broad SMARTS) is 1. The van der Waals surface area contributed by atoms with Gasteiger partial charge in [0.1, 0.15) is 0 Å². The summed E-state index contributed by atoms with van der Waals surface area (Å²) in [6, 6.07) is 18.4. The van der Waals surface area contributed by atoms with E-state index in [1.807, 2.05) is 24.3 Å². The number of rotatable bonds is 2. The monoisotopic (exact) mass is 331 g/mol. The van der Waals surface area contributed by atoms with E-state index >= 15 is 0 Å². The van der Waals surface area contributed by atoms with Crippen molar-refractivity contribution in [2.75, 3.05) is 7.11 Å². The summed E-state index contributed by atoms with van der Waals surface area (Å²) in [5.74, 6) is 5.31. The van der Waals surface area contributed by atoms with Crippen molar-refractivity contribution < 1.29 is 14.6 Å². The van der Waals surface area contributed by atoms with E-state index in [1.54, 1.807) is 12.4 Å². The lowest BCUT2D eigenvalue weighted by Gasteiger charge is -1.97. The van der Waals surface area contributed by atoms with Crippen molar-refractivity contribution in [1.82, 2.24) is 4.98 Å². The molecule has 3 rings (SSSR count). The SMILES string of the molecule is C(#Cc1ccc2ccccc2c1)c1ccncc1.COC=CC(=O)O. The Labute approximate surface area is 146 Å². The molecule has 0 bridgehead atoms. The first-order chi connectivity index (χ1) is 12.2. The van der Waals surface area contributed by atoms with Crippen LogP contribution in [0.15, 0.2) is 79.3 Å². The molecule has 4 heteroatoms. The second-order valence-electron chi connectivity index (χ2n) is 4.92. The van der Waals surface area contributed by atoms with Gasteiger partial charge in [-0.15, -0.1) is 0 Å². The summed E-state index contributed by atoms with van der Waals surface area (Å²) >= 11 is 0. The highest BCUT2D eigenvalue weighted by Crippen LogP contribution is 2.14. The van der Waals surface area contributed by atoms with E-state index in [4.69, 9.17) is 5.11 Å². The van der Waals surface area contributed by atoms with Crippen LogP contribution in [-0.2, 0) is 9.53 Å². The molecule has 0 saturated heterocycles. The Morgan fingerprint density at radius 1 is 1.00 bits per heavy atom. The molecular weight excluding hydrogens is 314 g/mol. The third-order valence-corrected chi connectivity index (χ3v) is 3.13. The number of benzene rings is 2. The maximum atomic E-state index is 9.59. The van der Waals surface area contributed by atoms with Crippen molar-refractivity contribution in [3.63, 3.8) is 0 Å². The molecule has 1 aromatic heterocycles. The van der Waals surface area contributed by atoms with Gasteiger partial charge in [0.2, 0.25) is 0 Å². The fourth-order valence-electron chi connectivity index (χ4n) is 1.97. The summed E-state index contributed by atoms with van der Waals surface area (Å²) in [7, 11) is 1.39. The molecule has 2 aromatic carbocycles. The molecule has 0 saturated carbocycles.